The zero-order valence-corrected chi connectivity index (χ0v) is 10.2. The van der Waals surface area contributed by atoms with Crippen molar-refractivity contribution >= 4 is 5.97 Å². The second-order valence-electron chi connectivity index (χ2n) is 4.11. The van der Waals surface area contributed by atoms with Gasteiger partial charge in [0, 0.05) is 5.56 Å². The summed E-state index contributed by atoms with van der Waals surface area (Å²) in [5.41, 5.74) is 1.46. The van der Waals surface area contributed by atoms with Gasteiger partial charge in [0.05, 0.1) is 11.8 Å². The lowest BCUT2D eigenvalue weighted by Crippen LogP contribution is -2.15. The van der Waals surface area contributed by atoms with Crippen LogP contribution in [0.4, 0.5) is 0 Å². The fourth-order valence-electron chi connectivity index (χ4n) is 1.68. The number of carboxylic acids is 1. The Bertz CT molecular complexity index is 657. The van der Waals surface area contributed by atoms with Crippen LogP contribution in [0.25, 0.3) is 11.3 Å². The third-order valence-electron chi connectivity index (χ3n) is 2.79. The second kappa shape index (κ2) is 5.52. The van der Waals surface area contributed by atoms with Crippen LogP contribution in [-0.2, 0) is 0 Å². The first-order valence-corrected chi connectivity index (χ1v) is 5.67. The van der Waals surface area contributed by atoms with Crippen molar-refractivity contribution in [2.24, 2.45) is 0 Å². The average Bonchev–Trinajstić information content (AvgIpc) is 2.96. The predicted molar refractivity (Wildman–Crippen MR) is 67.6 cm³/mol. The van der Waals surface area contributed by atoms with Gasteiger partial charge in [0.25, 0.3) is 0 Å². The van der Waals surface area contributed by atoms with Gasteiger partial charge in [-0.15, -0.1) is 0 Å². The minimum atomic E-state index is -1.50. The van der Waals surface area contributed by atoms with Crippen molar-refractivity contribution in [3.63, 3.8) is 0 Å². The Morgan fingerprint density at radius 3 is 2.45 bits per heavy atom. The first kappa shape index (κ1) is 13.7. The van der Waals surface area contributed by atoms with E-state index in [2.05, 4.69) is 10.2 Å². The number of nitriles is 1. The highest BCUT2D eigenvalue weighted by Crippen LogP contribution is 2.22. The van der Waals surface area contributed by atoms with E-state index in [1.807, 2.05) is 0 Å². The molecule has 0 saturated heterocycles. The van der Waals surface area contributed by atoms with Gasteiger partial charge in [0.2, 0.25) is 0 Å². The number of aromatic carboxylic acids is 1. The lowest BCUT2D eigenvalue weighted by Gasteiger charge is -2.11. The summed E-state index contributed by atoms with van der Waals surface area (Å²) >= 11 is 0. The van der Waals surface area contributed by atoms with Crippen LogP contribution in [0, 0.1) is 11.3 Å². The molecule has 0 bridgehead atoms. The molecule has 0 saturated carbocycles. The fourth-order valence-corrected chi connectivity index (χ4v) is 1.68. The molecular formula is C13H11N3O4. The Balaban J connectivity index is 2.23. The molecule has 102 valence electrons. The molecule has 0 spiro atoms. The van der Waals surface area contributed by atoms with Crippen LogP contribution in [-0.4, -0.2) is 37.6 Å². The summed E-state index contributed by atoms with van der Waals surface area (Å²) in [4.78, 5) is 10.7. The molecule has 20 heavy (non-hydrogen) atoms. The number of nitrogens with zero attached hydrogens (tertiary/aromatic N) is 2. The van der Waals surface area contributed by atoms with E-state index in [4.69, 9.17) is 10.4 Å². The molecule has 1 aromatic heterocycles. The van der Waals surface area contributed by atoms with E-state index < -0.39 is 18.2 Å². The number of carbonyl (C=O) groups is 1. The molecule has 0 amide bonds. The minimum Gasteiger partial charge on any atom is -0.477 e. The number of benzene rings is 1. The highest BCUT2D eigenvalue weighted by Gasteiger charge is 2.17. The Hall–Kier alpha value is -2.69. The molecule has 0 aliphatic heterocycles. The SMILES string of the molecule is N#CC(O)C(O)c1ccc(-c2cc(C(=O)O)[nH]n2)cc1. The van der Waals surface area contributed by atoms with Crippen molar-refractivity contribution in [3.05, 3.63) is 41.6 Å². The van der Waals surface area contributed by atoms with Crippen LogP contribution in [0.15, 0.2) is 30.3 Å². The zero-order valence-electron chi connectivity index (χ0n) is 10.2. The maximum Gasteiger partial charge on any atom is 0.353 e. The molecule has 2 aromatic rings. The minimum absolute atomic E-state index is 0.0241. The number of hydrogen-bond donors (Lipinski definition) is 4. The van der Waals surface area contributed by atoms with Gasteiger partial charge >= 0.3 is 5.97 Å². The lowest BCUT2D eigenvalue weighted by atomic mass is 10.0. The van der Waals surface area contributed by atoms with E-state index >= 15 is 0 Å². The molecule has 1 heterocycles. The number of H-pyrrole nitrogens is 1. The number of hydrogen-bond acceptors (Lipinski definition) is 5. The summed E-state index contributed by atoms with van der Waals surface area (Å²) in [5.74, 6) is -1.10. The topological polar surface area (TPSA) is 130 Å². The van der Waals surface area contributed by atoms with Gasteiger partial charge < -0.3 is 15.3 Å². The molecule has 0 aliphatic carbocycles. The molecule has 7 heteroatoms. The lowest BCUT2D eigenvalue weighted by molar-refractivity contribution is 0.0528. The maximum atomic E-state index is 10.7. The number of nitrogens with one attached hydrogen (secondary N) is 1. The summed E-state index contributed by atoms with van der Waals surface area (Å²) in [6.07, 6.45) is -2.78. The molecule has 0 radical (unpaired) electrons. The number of aliphatic hydroxyl groups is 2. The van der Waals surface area contributed by atoms with Gasteiger partial charge in [-0.25, -0.2) is 4.79 Å². The van der Waals surface area contributed by atoms with Gasteiger partial charge in [0.1, 0.15) is 11.8 Å². The number of aromatic amines is 1. The number of rotatable bonds is 4. The van der Waals surface area contributed by atoms with Gasteiger partial charge in [-0.3, -0.25) is 5.10 Å². The zero-order chi connectivity index (χ0) is 14.7. The smallest absolute Gasteiger partial charge is 0.353 e. The molecule has 1 aromatic carbocycles. The fraction of sp³-hybridized carbons (Fsp3) is 0.154. The van der Waals surface area contributed by atoms with Crippen molar-refractivity contribution in [2.75, 3.05) is 0 Å². The van der Waals surface area contributed by atoms with Crippen LogP contribution in [0.1, 0.15) is 22.2 Å². The number of aliphatic hydroxyl groups excluding tert-OH is 2. The van der Waals surface area contributed by atoms with Crippen molar-refractivity contribution in [3.8, 4) is 17.3 Å². The van der Waals surface area contributed by atoms with E-state index in [1.165, 1.54) is 18.2 Å². The Kier molecular flexibility index (Phi) is 3.79. The Morgan fingerprint density at radius 1 is 1.30 bits per heavy atom. The highest BCUT2D eigenvalue weighted by molar-refractivity contribution is 5.86. The first-order chi connectivity index (χ1) is 9.52. The number of aromatic nitrogens is 2. The van der Waals surface area contributed by atoms with Crippen molar-refractivity contribution in [1.82, 2.24) is 10.2 Å². The third kappa shape index (κ3) is 2.66. The van der Waals surface area contributed by atoms with Crippen LogP contribution in [0.2, 0.25) is 0 Å². The molecule has 2 unspecified atom stereocenters. The van der Waals surface area contributed by atoms with Gasteiger partial charge in [-0.2, -0.15) is 10.4 Å². The second-order valence-corrected chi connectivity index (χ2v) is 4.11. The first-order valence-electron chi connectivity index (χ1n) is 5.67. The van der Waals surface area contributed by atoms with Crippen LogP contribution < -0.4 is 0 Å². The van der Waals surface area contributed by atoms with Gasteiger partial charge in [-0.05, 0) is 11.6 Å². The molecule has 0 aliphatic rings. The van der Waals surface area contributed by atoms with Crippen molar-refractivity contribution < 1.29 is 20.1 Å². The molecule has 7 nitrogen and oxygen atoms in total. The van der Waals surface area contributed by atoms with Crippen molar-refractivity contribution in [2.45, 2.75) is 12.2 Å². The molecule has 2 rings (SSSR count). The van der Waals surface area contributed by atoms with E-state index in [-0.39, 0.29) is 5.69 Å². The van der Waals surface area contributed by atoms with E-state index in [1.54, 1.807) is 18.2 Å². The third-order valence-corrected chi connectivity index (χ3v) is 2.79. The van der Waals surface area contributed by atoms with Crippen LogP contribution >= 0.6 is 0 Å². The maximum absolute atomic E-state index is 10.7. The van der Waals surface area contributed by atoms with Gasteiger partial charge in [-0.1, -0.05) is 24.3 Å². The highest BCUT2D eigenvalue weighted by atomic mass is 16.4. The van der Waals surface area contributed by atoms with E-state index in [0.29, 0.717) is 16.8 Å². The molecule has 0 fully saturated rings. The largest absolute Gasteiger partial charge is 0.477 e. The molecule has 4 N–H and O–H groups in total. The summed E-state index contributed by atoms with van der Waals surface area (Å²) < 4.78 is 0. The standard InChI is InChI=1S/C13H11N3O4/c14-6-11(17)12(18)8-3-1-7(2-4-8)9-5-10(13(19)20)16-15-9/h1-5,11-12,17-18H,(H,15,16)(H,19,20). The normalized spacial score (nSPS) is 13.4. The predicted octanol–water partition coefficient (Wildman–Crippen LogP) is 0.693. The Morgan fingerprint density at radius 2 is 1.95 bits per heavy atom. The quantitative estimate of drug-likeness (QED) is 0.606. The Labute approximate surface area is 113 Å². The average molecular weight is 273 g/mol. The summed E-state index contributed by atoms with van der Waals surface area (Å²) in [7, 11) is 0. The van der Waals surface area contributed by atoms with Crippen LogP contribution in [0.5, 0.6) is 0 Å². The summed E-state index contributed by atoms with van der Waals surface area (Å²) in [5, 5.41) is 42.5. The number of carboxylic acid groups (broad SMARTS) is 1. The molecule has 2 atom stereocenters. The van der Waals surface area contributed by atoms with Gasteiger partial charge in [0.15, 0.2) is 6.10 Å². The summed E-state index contributed by atoms with van der Waals surface area (Å²) in [6, 6.07) is 9.24. The van der Waals surface area contributed by atoms with Crippen LogP contribution in [0.3, 0.4) is 0 Å². The molecular weight excluding hydrogens is 262 g/mol. The summed E-state index contributed by atoms with van der Waals surface area (Å²) in [6.45, 7) is 0. The van der Waals surface area contributed by atoms with E-state index in [9.17, 15) is 15.0 Å². The van der Waals surface area contributed by atoms with E-state index in [0.717, 1.165) is 0 Å². The van der Waals surface area contributed by atoms with Crippen molar-refractivity contribution in [1.29, 1.82) is 5.26 Å². The monoisotopic (exact) mass is 273 g/mol.